The highest BCUT2D eigenvalue weighted by molar-refractivity contribution is 5.83. The summed E-state index contributed by atoms with van der Waals surface area (Å²) in [5.41, 5.74) is 7.62. The number of carbonyl (C=O) groups is 1. The van der Waals surface area contributed by atoms with Crippen molar-refractivity contribution in [3.8, 4) is 11.6 Å². The van der Waals surface area contributed by atoms with Gasteiger partial charge in [0.25, 0.3) is 0 Å². The van der Waals surface area contributed by atoms with Gasteiger partial charge in [-0.3, -0.25) is 9.78 Å². The van der Waals surface area contributed by atoms with Gasteiger partial charge in [0.15, 0.2) is 0 Å². The molecule has 6 heteroatoms. The molecule has 2 aromatic rings. The van der Waals surface area contributed by atoms with Gasteiger partial charge in [0.2, 0.25) is 11.8 Å². The van der Waals surface area contributed by atoms with E-state index in [0.29, 0.717) is 23.8 Å². The summed E-state index contributed by atoms with van der Waals surface area (Å²) in [5, 5.41) is 0. The van der Waals surface area contributed by atoms with Gasteiger partial charge in [-0.15, -0.1) is 0 Å². The monoisotopic (exact) mass is 259 g/mol. The fourth-order valence-corrected chi connectivity index (χ4v) is 2.35. The van der Waals surface area contributed by atoms with E-state index >= 15 is 0 Å². The van der Waals surface area contributed by atoms with Gasteiger partial charge in [-0.05, 0) is 6.07 Å². The Morgan fingerprint density at radius 1 is 1.58 bits per heavy atom. The van der Waals surface area contributed by atoms with Gasteiger partial charge < -0.3 is 15.2 Å². The van der Waals surface area contributed by atoms with Crippen LogP contribution in [0.5, 0.6) is 11.6 Å². The third kappa shape index (κ3) is 1.95. The summed E-state index contributed by atoms with van der Waals surface area (Å²) in [6.07, 6.45) is 1.90. The molecule has 98 valence electrons. The zero-order valence-electron chi connectivity index (χ0n) is 10.4. The zero-order chi connectivity index (χ0) is 13.4. The number of amides is 1. The molecule has 1 aliphatic heterocycles. The molecule has 0 saturated heterocycles. The number of fused-ring (bicyclic) bond motifs is 3. The van der Waals surface area contributed by atoms with Gasteiger partial charge in [-0.2, -0.15) is 0 Å². The number of aromatic nitrogens is 2. The van der Waals surface area contributed by atoms with E-state index in [0.717, 1.165) is 11.1 Å². The number of ether oxygens (including phenoxy) is 2. The summed E-state index contributed by atoms with van der Waals surface area (Å²) in [6, 6.07) is 3.59. The van der Waals surface area contributed by atoms with E-state index in [1.165, 1.54) is 0 Å². The average Bonchev–Trinajstić information content (AvgIpc) is 2.81. The van der Waals surface area contributed by atoms with Crippen molar-refractivity contribution in [2.24, 2.45) is 5.73 Å². The first-order valence-corrected chi connectivity index (χ1v) is 5.94. The van der Waals surface area contributed by atoms with Crippen LogP contribution in [0.2, 0.25) is 0 Å². The van der Waals surface area contributed by atoms with Gasteiger partial charge >= 0.3 is 0 Å². The first-order chi connectivity index (χ1) is 9.19. The van der Waals surface area contributed by atoms with Crippen LogP contribution in [0.25, 0.3) is 11.0 Å². The molecular formula is C13H13N3O3. The summed E-state index contributed by atoms with van der Waals surface area (Å²) in [7, 11) is 1.56. The number of nitrogens with zero attached hydrogens (tertiary/aromatic N) is 2. The van der Waals surface area contributed by atoms with Crippen LogP contribution in [-0.4, -0.2) is 29.6 Å². The van der Waals surface area contributed by atoms with Crippen LogP contribution in [0, 0.1) is 0 Å². The quantitative estimate of drug-likeness (QED) is 0.888. The molecule has 2 N–H and O–H groups in total. The Kier molecular flexibility index (Phi) is 2.70. The fraction of sp³-hybridized carbons (Fsp3) is 0.308. The number of pyridine rings is 2. The number of hydrogen-bond donors (Lipinski definition) is 1. The van der Waals surface area contributed by atoms with Crippen molar-refractivity contribution in [1.82, 2.24) is 9.97 Å². The molecule has 1 unspecified atom stereocenters. The number of nitrogens with two attached hydrogens (primary N) is 1. The van der Waals surface area contributed by atoms with Gasteiger partial charge in [0.1, 0.15) is 11.3 Å². The lowest BCUT2D eigenvalue weighted by Crippen LogP contribution is -2.16. The van der Waals surface area contributed by atoms with Gasteiger partial charge in [0, 0.05) is 24.0 Å². The molecule has 6 nitrogen and oxygen atoms in total. The summed E-state index contributed by atoms with van der Waals surface area (Å²) in [5.74, 6) is 0.749. The molecule has 0 spiro atoms. The standard InChI is InChI=1S/C13H13N3O3/c1-18-11-3-2-8-13(16-11)12-7(4-10(14)17)6-19-9(12)5-15-8/h2-3,5,7H,4,6H2,1H3,(H2,14,17). The molecule has 0 aliphatic carbocycles. The molecule has 1 amide bonds. The smallest absolute Gasteiger partial charge is 0.218 e. The van der Waals surface area contributed by atoms with E-state index in [1.54, 1.807) is 19.4 Å². The maximum absolute atomic E-state index is 11.1. The SMILES string of the molecule is COc1ccc2ncc3c(c2n1)C(CC(N)=O)CO3. The third-order valence-corrected chi connectivity index (χ3v) is 3.19. The Morgan fingerprint density at radius 3 is 3.16 bits per heavy atom. The molecule has 1 aliphatic rings. The summed E-state index contributed by atoms with van der Waals surface area (Å²) >= 11 is 0. The van der Waals surface area contributed by atoms with Crippen LogP contribution in [0.15, 0.2) is 18.3 Å². The first kappa shape index (κ1) is 11.7. The number of rotatable bonds is 3. The van der Waals surface area contributed by atoms with E-state index < -0.39 is 0 Å². The van der Waals surface area contributed by atoms with E-state index in [-0.39, 0.29) is 18.2 Å². The lowest BCUT2D eigenvalue weighted by Gasteiger charge is -2.09. The molecule has 3 heterocycles. The van der Waals surface area contributed by atoms with Crippen molar-refractivity contribution in [2.75, 3.05) is 13.7 Å². The maximum atomic E-state index is 11.1. The highest BCUT2D eigenvalue weighted by Crippen LogP contribution is 2.39. The minimum absolute atomic E-state index is 0.0717. The summed E-state index contributed by atoms with van der Waals surface area (Å²) in [4.78, 5) is 19.8. The molecule has 0 radical (unpaired) electrons. The van der Waals surface area contributed by atoms with Crippen molar-refractivity contribution in [3.63, 3.8) is 0 Å². The van der Waals surface area contributed by atoms with Gasteiger partial charge in [-0.1, -0.05) is 0 Å². The predicted molar refractivity (Wildman–Crippen MR) is 68.1 cm³/mol. The van der Waals surface area contributed by atoms with E-state index in [1.807, 2.05) is 6.07 Å². The molecule has 19 heavy (non-hydrogen) atoms. The highest BCUT2D eigenvalue weighted by Gasteiger charge is 2.29. The Hall–Kier alpha value is -2.37. The van der Waals surface area contributed by atoms with E-state index in [2.05, 4.69) is 9.97 Å². The molecule has 3 rings (SSSR count). The minimum Gasteiger partial charge on any atom is -0.491 e. The van der Waals surface area contributed by atoms with Crippen molar-refractivity contribution in [2.45, 2.75) is 12.3 Å². The normalized spacial score (nSPS) is 17.0. The van der Waals surface area contributed by atoms with Crippen LogP contribution in [0.3, 0.4) is 0 Å². The molecule has 1 atom stereocenters. The first-order valence-electron chi connectivity index (χ1n) is 5.94. The Balaban J connectivity index is 2.17. The molecule has 0 saturated carbocycles. The number of primary amides is 1. The topological polar surface area (TPSA) is 87.3 Å². The summed E-state index contributed by atoms with van der Waals surface area (Å²) < 4.78 is 10.7. The second kappa shape index (κ2) is 4.38. The lowest BCUT2D eigenvalue weighted by molar-refractivity contribution is -0.118. The molecule has 0 bridgehead atoms. The van der Waals surface area contributed by atoms with Crippen LogP contribution in [0.4, 0.5) is 0 Å². The van der Waals surface area contributed by atoms with Crippen LogP contribution in [-0.2, 0) is 4.79 Å². The van der Waals surface area contributed by atoms with Crippen molar-refractivity contribution < 1.29 is 14.3 Å². The minimum atomic E-state index is -0.352. The molecule has 0 fully saturated rings. The van der Waals surface area contributed by atoms with Crippen LogP contribution >= 0.6 is 0 Å². The second-order valence-corrected chi connectivity index (χ2v) is 4.44. The predicted octanol–water partition coefficient (Wildman–Crippen LogP) is 0.990. The van der Waals surface area contributed by atoms with Crippen LogP contribution in [0.1, 0.15) is 17.9 Å². The lowest BCUT2D eigenvalue weighted by atomic mass is 9.97. The van der Waals surface area contributed by atoms with Crippen molar-refractivity contribution in [3.05, 3.63) is 23.9 Å². The van der Waals surface area contributed by atoms with Crippen molar-refractivity contribution in [1.29, 1.82) is 0 Å². The summed E-state index contributed by atoms with van der Waals surface area (Å²) in [6.45, 7) is 0.429. The number of carbonyl (C=O) groups excluding carboxylic acids is 1. The molecule has 2 aromatic heterocycles. The highest BCUT2D eigenvalue weighted by atomic mass is 16.5. The molecule has 0 aromatic carbocycles. The maximum Gasteiger partial charge on any atom is 0.218 e. The fourth-order valence-electron chi connectivity index (χ4n) is 2.35. The van der Waals surface area contributed by atoms with Crippen LogP contribution < -0.4 is 15.2 Å². The second-order valence-electron chi connectivity index (χ2n) is 4.44. The Morgan fingerprint density at radius 2 is 2.42 bits per heavy atom. The number of hydrogen-bond acceptors (Lipinski definition) is 5. The largest absolute Gasteiger partial charge is 0.491 e. The average molecular weight is 259 g/mol. The third-order valence-electron chi connectivity index (χ3n) is 3.19. The van der Waals surface area contributed by atoms with Gasteiger partial charge in [0.05, 0.1) is 25.4 Å². The van der Waals surface area contributed by atoms with E-state index in [4.69, 9.17) is 15.2 Å². The van der Waals surface area contributed by atoms with Gasteiger partial charge in [-0.25, -0.2) is 4.98 Å². The van der Waals surface area contributed by atoms with Crippen molar-refractivity contribution >= 4 is 16.9 Å². The Bertz CT molecular complexity index is 657. The zero-order valence-corrected chi connectivity index (χ0v) is 10.4. The van der Waals surface area contributed by atoms with E-state index in [9.17, 15) is 4.79 Å². The number of methoxy groups -OCH3 is 1. The Labute approximate surface area is 109 Å². The molecular weight excluding hydrogens is 246 g/mol.